The Balaban J connectivity index is 2.50. The molecule has 0 spiro atoms. The largest absolute Gasteiger partial charge is 0.384 e. The van der Waals surface area contributed by atoms with Crippen LogP contribution in [0.15, 0.2) is 4.79 Å². The van der Waals surface area contributed by atoms with Gasteiger partial charge in [0.05, 0.1) is 6.61 Å². The summed E-state index contributed by atoms with van der Waals surface area (Å²) in [4.78, 5) is 12.9. The fourth-order valence-electron chi connectivity index (χ4n) is 0.622. The molecule has 2 N–H and O–H groups in total. The van der Waals surface area contributed by atoms with E-state index in [1.54, 1.807) is 7.11 Å². The zero-order chi connectivity index (χ0) is 7.40. The summed E-state index contributed by atoms with van der Waals surface area (Å²) < 4.78 is 4.78. The highest BCUT2D eigenvalue weighted by Crippen LogP contribution is 1.83. The second-order valence-corrected chi connectivity index (χ2v) is 1.87. The first-order valence-corrected chi connectivity index (χ1v) is 2.95. The van der Waals surface area contributed by atoms with E-state index in [4.69, 9.17) is 4.74 Å². The number of hydrogen-bond acceptors (Lipinski definition) is 3. The quantitative estimate of drug-likeness (QED) is 0.587. The molecule has 1 heterocycles. The minimum Gasteiger partial charge on any atom is -0.384 e. The van der Waals surface area contributed by atoms with E-state index in [2.05, 4.69) is 15.2 Å². The van der Waals surface area contributed by atoms with E-state index in [1.807, 2.05) is 0 Å². The van der Waals surface area contributed by atoms with Gasteiger partial charge in [-0.15, -0.1) is 0 Å². The molecule has 0 unspecified atom stereocenters. The number of hydrogen-bond donors (Lipinski definition) is 2. The van der Waals surface area contributed by atoms with Gasteiger partial charge in [-0.05, 0) is 0 Å². The number of aromatic amines is 2. The van der Waals surface area contributed by atoms with Gasteiger partial charge in [-0.1, -0.05) is 0 Å². The van der Waals surface area contributed by atoms with Crippen LogP contribution in [0, 0.1) is 0 Å². The standard InChI is InChI=1S/C5H9N3O2/c1-10-3-2-4-6-5(9)8-7-4/h2-3H2,1H3,(H2,6,7,8,9). The van der Waals surface area contributed by atoms with Gasteiger partial charge in [0.1, 0.15) is 5.82 Å². The lowest BCUT2D eigenvalue weighted by molar-refractivity contribution is 0.200. The molecule has 0 aliphatic heterocycles. The van der Waals surface area contributed by atoms with Crippen molar-refractivity contribution >= 4 is 0 Å². The normalized spacial score (nSPS) is 10.1. The van der Waals surface area contributed by atoms with E-state index in [0.29, 0.717) is 18.9 Å². The van der Waals surface area contributed by atoms with Gasteiger partial charge in [0.25, 0.3) is 0 Å². The summed E-state index contributed by atoms with van der Waals surface area (Å²) in [5.41, 5.74) is -0.272. The van der Waals surface area contributed by atoms with Crippen LogP contribution in [0.2, 0.25) is 0 Å². The SMILES string of the molecule is COCCc1n[nH]c(=O)[nH]1. The predicted octanol–water partition coefficient (Wildman–Crippen LogP) is -0.713. The van der Waals surface area contributed by atoms with Crippen LogP contribution in [0.3, 0.4) is 0 Å². The number of rotatable bonds is 3. The summed E-state index contributed by atoms with van der Waals surface area (Å²) in [7, 11) is 1.60. The Morgan fingerprint density at radius 3 is 3.00 bits per heavy atom. The first-order valence-electron chi connectivity index (χ1n) is 2.95. The molecular weight excluding hydrogens is 134 g/mol. The monoisotopic (exact) mass is 143 g/mol. The molecule has 0 aliphatic rings. The van der Waals surface area contributed by atoms with Crippen molar-refractivity contribution in [1.29, 1.82) is 0 Å². The van der Waals surface area contributed by atoms with Crippen molar-refractivity contribution in [3.63, 3.8) is 0 Å². The molecule has 1 aromatic heterocycles. The molecule has 0 radical (unpaired) electrons. The van der Waals surface area contributed by atoms with Crippen molar-refractivity contribution in [2.45, 2.75) is 6.42 Å². The van der Waals surface area contributed by atoms with Gasteiger partial charge in [-0.25, -0.2) is 9.89 Å². The molecule has 5 heteroatoms. The van der Waals surface area contributed by atoms with Crippen molar-refractivity contribution in [3.05, 3.63) is 16.3 Å². The molecule has 0 saturated carbocycles. The fraction of sp³-hybridized carbons (Fsp3) is 0.600. The molecule has 1 rings (SSSR count). The van der Waals surface area contributed by atoms with Gasteiger partial charge in [-0.2, -0.15) is 5.10 Å². The van der Waals surface area contributed by atoms with E-state index >= 15 is 0 Å². The van der Waals surface area contributed by atoms with Crippen LogP contribution >= 0.6 is 0 Å². The third kappa shape index (κ3) is 1.70. The molecule has 0 atom stereocenters. The fourth-order valence-corrected chi connectivity index (χ4v) is 0.622. The molecule has 10 heavy (non-hydrogen) atoms. The first-order chi connectivity index (χ1) is 4.83. The van der Waals surface area contributed by atoms with Crippen LogP contribution in [-0.4, -0.2) is 28.9 Å². The first kappa shape index (κ1) is 7.01. The average Bonchev–Trinajstić information content (AvgIpc) is 2.31. The maximum Gasteiger partial charge on any atom is 0.340 e. The number of nitrogens with zero attached hydrogens (tertiary/aromatic N) is 1. The lowest BCUT2D eigenvalue weighted by Crippen LogP contribution is -2.02. The number of nitrogens with one attached hydrogen (secondary N) is 2. The van der Waals surface area contributed by atoms with Gasteiger partial charge in [0.2, 0.25) is 0 Å². The lowest BCUT2D eigenvalue weighted by Gasteiger charge is -1.91. The Morgan fingerprint density at radius 2 is 2.50 bits per heavy atom. The van der Waals surface area contributed by atoms with E-state index in [9.17, 15) is 4.79 Å². The molecule has 0 aliphatic carbocycles. The highest BCUT2D eigenvalue weighted by molar-refractivity contribution is 4.79. The number of ether oxygens (including phenoxy) is 1. The highest BCUT2D eigenvalue weighted by Gasteiger charge is 1.94. The minimum absolute atomic E-state index is 0.272. The maximum atomic E-state index is 10.4. The summed E-state index contributed by atoms with van der Waals surface area (Å²) in [6.07, 6.45) is 0.634. The molecule has 0 aromatic carbocycles. The average molecular weight is 143 g/mol. The van der Waals surface area contributed by atoms with Crippen LogP contribution < -0.4 is 5.69 Å². The zero-order valence-electron chi connectivity index (χ0n) is 5.68. The van der Waals surface area contributed by atoms with Crippen molar-refractivity contribution in [2.75, 3.05) is 13.7 Å². The molecule has 1 aromatic rings. The Labute approximate surface area is 57.4 Å². The Kier molecular flexibility index (Phi) is 2.22. The Bertz CT molecular complexity index is 239. The summed E-state index contributed by atoms with van der Waals surface area (Å²) in [6, 6.07) is 0. The molecule has 0 amide bonds. The van der Waals surface area contributed by atoms with Crippen LogP contribution in [0.25, 0.3) is 0 Å². The summed E-state index contributed by atoms with van der Waals surface area (Å²) in [5.74, 6) is 0.631. The molecule has 56 valence electrons. The minimum atomic E-state index is -0.272. The second kappa shape index (κ2) is 3.17. The maximum absolute atomic E-state index is 10.4. The van der Waals surface area contributed by atoms with Crippen molar-refractivity contribution in [2.24, 2.45) is 0 Å². The summed E-state index contributed by atoms with van der Waals surface area (Å²) in [6.45, 7) is 0.570. The number of aromatic nitrogens is 3. The smallest absolute Gasteiger partial charge is 0.340 e. The van der Waals surface area contributed by atoms with Crippen molar-refractivity contribution in [1.82, 2.24) is 15.2 Å². The molecule has 5 nitrogen and oxygen atoms in total. The number of methoxy groups -OCH3 is 1. The van der Waals surface area contributed by atoms with Crippen molar-refractivity contribution in [3.8, 4) is 0 Å². The molecule has 0 bridgehead atoms. The van der Waals surface area contributed by atoms with Gasteiger partial charge in [-0.3, -0.25) is 4.98 Å². The van der Waals surface area contributed by atoms with Crippen LogP contribution in [0.1, 0.15) is 5.82 Å². The zero-order valence-corrected chi connectivity index (χ0v) is 5.68. The predicted molar refractivity (Wildman–Crippen MR) is 34.8 cm³/mol. The van der Waals surface area contributed by atoms with Gasteiger partial charge in [0, 0.05) is 13.5 Å². The van der Waals surface area contributed by atoms with E-state index in [1.165, 1.54) is 0 Å². The Morgan fingerprint density at radius 1 is 1.70 bits per heavy atom. The molecular formula is C5H9N3O2. The lowest BCUT2D eigenvalue weighted by atomic mass is 10.4. The third-order valence-corrected chi connectivity index (χ3v) is 1.09. The van der Waals surface area contributed by atoms with Gasteiger partial charge < -0.3 is 4.74 Å². The molecule has 0 saturated heterocycles. The highest BCUT2D eigenvalue weighted by atomic mass is 16.5. The van der Waals surface area contributed by atoms with Gasteiger partial charge in [0.15, 0.2) is 0 Å². The van der Waals surface area contributed by atoms with Crippen molar-refractivity contribution < 1.29 is 4.74 Å². The Hall–Kier alpha value is -1.10. The van der Waals surface area contributed by atoms with Crippen LogP contribution in [0.5, 0.6) is 0 Å². The van der Waals surface area contributed by atoms with Crippen LogP contribution in [-0.2, 0) is 11.2 Å². The topological polar surface area (TPSA) is 70.8 Å². The molecule has 0 fully saturated rings. The summed E-state index contributed by atoms with van der Waals surface area (Å²) >= 11 is 0. The van der Waals surface area contributed by atoms with Gasteiger partial charge >= 0.3 is 5.69 Å². The summed E-state index contributed by atoms with van der Waals surface area (Å²) in [5, 5.41) is 5.94. The third-order valence-electron chi connectivity index (χ3n) is 1.09. The van der Waals surface area contributed by atoms with E-state index in [0.717, 1.165) is 0 Å². The van der Waals surface area contributed by atoms with Crippen LogP contribution in [0.4, 0.5) is 0 Å². The van der Waals surface area contributed by atoms with E-state index in [-0.39, 0.29) is 5.69 Å². The van der Waals surface area contributed by atoms with E-state index < -0.39 is 0 Å². The second-order valence-electron chi connectivity index (χ2n) is 1.87. The number of H-pyrrole nitrogens is 2.